The van der Waals surface area contributed by atoms with Crippen molar-refractivity contribution < 1.29 is 37.4 Å². The monoisotopic (exact) mass is 599 g/mol. The highest BCUT2D eigenvalue weighted by molar-refractivity contribution is 7.89. The van der Waals surface area contributed by atoms with Crippen LogP contribution in [0, 0.1) is 13.8 Å². The maximum atomic E-state index is 13.6. The van der Waals surface area contributed by atoms with Crippen LogP contribution in [0.2, 0.25) is 0 Å². The van der Waals surface area contributed by atoms with Crippen molar-refractivity contribution in [3.05, 3.63) is 70.9 Å². The first-order valence-electron chi connectivity index (χ1n) is 13.2. The van der Waals surface area contributed by atoms with Gasteiger partial charge in [0.2, 0.25) is 0 Å². The van der Waals surface area contributed by atoms with Crippen molar-refractivity contribution in [1.29, 1.82) is 0 Å². The molecule has 0 saturated carbocycles. The summed E-state index contributed by atoms with van der Waals surface area (Å²) in [6.07, 6.45) is 1.40. The number of carboxylic acid groups (broad SMARTS) is 1. The van der Waals surface area contributed by atoms with Crippen LogP contribution in [0.3, 0.4) is 0 Å². The molecule has 0 radical (unpaired) electrons. The molecular formula is C28H33N5O8S. The molecule has 3 aromatic rings. The van der Waals surface area contributed by atoms with E-state index < -0.39 is 28.1 Å². The predicted molar refractivity (Wildman–Crippen MR) is 151 cm³/mol. The van der Waals surface area contributed by atoms with Gasteiger partial charge in [0.1, 0.15) is 17.6 Å². The van der Waals surface area contributed by atoms with E-state index in [0.717, 1.165) is 11.1 Å². The molecule has 2 amide bonds. The van der Waals surface area contributed by atoms with Crippen LogP contribution in [-0.2, 0) is 33.2 Å². The fraction of sp³-hybridized carbons (Fsp3) is 0.357. The van der Waals surface area contributed by atoms with Crippen molar-refractivity contribution in [2.45, 2.75) is 44.0 Å². The summed E-state index contributed by atoms with van der Waals surface area (Å²) >= 11 is 0. The van der Waals surface area contributed by atoms with E-state index >= 15 is 0 Å². The van der Waals surface area contributed by atoms with E-state index in [1.165, 1.54) is 15.2 Å². The van der Waals surface area contributed by atoms with E-state index in [-0.39, 0.29) is 37.1 Å². The molecule has 1 aromatic heterocycles. The van der Waals surface area contributed by atoms with E-state index in [0.29, 0.717) is 35.6 Å². The Balaban J connectivity index is 0.00000129. The van der Waals surface area contributed by atoms with Gasteiger partial charge in [-0.05, 0) is 49.2 Å². The third kappa shape index (κ3) is 6.89. The lowest BCUT2D eigenvalue weighted by atomic mass is 10.0. The molecule has 224 valence electrons. The number of hydrogen-bond donors (Lipinski definition) is 3. The first-order valence-corrected chi connectivity index (χ1v) is 14.6. The van der Waals surface area contributed by atoms with Gasteiger partial charge >= 0.3 is 0 Å². The summed E-state index contributed by atoms with van der Waals surface area (Å²) < 4.78 is 41.9. The molecule has 4 bridgehead atoms. The van der Waals surface area contributed by atoms with Crippen molar-refractivity contribution in [1.82, 2.24) is 24.7 Å². The molecule has 42 heavy (non-hydrogen) atoms. The highest BCUT2D eigenvalue weighted by Crippen LogP contribution is 2.27. The van der Waals surface area contributed by atoms with Gasteiger partial charge in [0, 0.05) is 44.2 Å². The Morgan fingerprint density at radius 2 is 1.81 bits per heavy atom. The Bertz CT molecular complexity index is 1540. The minimum atomic E-state index is -3.87. The van der Waals surface area contributed by atoms with Gasteiger partial charge in [-0.3, -0.25) is 19.1 Å². The Hall–Kier alpha value is -4.43. The number of rotatable bonds is 2. The van der Waals surface area contributed by atoms with E-state index in [1.54, 1.807) is 44.3 Å². The zero-order valence-corrected chi connectivity index (χ0v) is 24.3. The average molecular weight is 600 g/mol. The summed E-state index contributed by atoms with van der Waals surface area (Å²) in [5, 5.41) is 16.9. The van der Waals surface area contributed by atoms with Gasteiger partial charge in [-0.15, -0.1) is 0 Å². The summed E-state index contributed by atoms with van der Waals surface area (Å²) in [4.78, 5) is 34.1. The summed E-state index contributed by atoms with van der Waals surface area (Å²) in [5.41, 5.74) is 2.53. The van der Waals surface area contributed by atoms with E-state index in [1.807, 2.05) is 19.1 Å². The summed E-state index contributed by atoms with van der Waals surface area (Å²) in [7, 11) is -2.28. The molecule has 14 heteroatoms. The fourth-order valence-electron chi connectivity index (χ4n) is 4.83. The van der Waals surface area contributed by atoms with Gasteiger partial charge in [-0.25, -0.2) is 8.42 Å². The average Bonchev–Trinajstić information content (AvgIpc) is 3.31. The zero-order chi connectivity index (χ0) is 30.4. The summed E-state index contributed by atoms with van der Waals surface area (Å²) in [5.74, 6) is 0.306. The second-order valence-electron chi connectivity index (χ2n) is 9.94. The highest BCUT2D eigenvalue weighted by Gasteiger charge is 2.39. The highest BCUT2D eigenvalue weighted by atomic mass is 32.2. The number of nitrogens with one attached hydrogen (secondary N) is 2. The second-order valence-corrected chi connectivity index (χ2v) is 11.8. The van der Waals surface area contributed by atoms with Crippen LogP contribution in [0.1, 0.15) is 33.5 Å². The van der Waals surface area contributed by atoms with Crippen LogP contribution in [-0.4, -0.2) is 77.7 Å². The predicted octanol–water partition coefficient (Wildman–Crippen LogP) is 1.39. The number of fused-ring (bicyclic) bond motifs is 7. The van der Waals surface area contributed by atoms with Crippen LogP contribution in [0.5, 0.6) is 11.5 Å². The summed E-state index contributed by atoms with van der Waals surface area (Å²) in [6.45, 7) is 3.65. The van der Waals surface area contributed by atoms with Gasteiger partial charge in [-0.2, -0.15) is 9.40 Å². The van der Waals surface area contributed by atoms with Gasteiger partial charge < -0.3 is 25.2 Å². The molecule has 4 heterocycles. The molecule has 3 N–H and O–H groups in total. The normalized spacial score (nSPS) is 19.5. The SMILES string of the molecule is Cc1ccc2cc1OCC(=O)NCc1ccc(cc1)O[C@H]1CCN(S(=O)(=O)c3c(C)cnn3C)C[C@@H]1NC2=O.O=CO. The number of carbonyl (C=O) groups excluding carboxylic acids is 2. The first kappa shape index (κ1) is 30.5. The second kappa shape index (κ2) is 13.0. The molecule has 1 saturated heterocycles. The Labute approximate surface area is 243 Å². The van der Waals surface area contributed by atoms with Crippen LogP contribution in [0.15, 0.2) is 53.7 Å². The molecule has 13 nitrogen and oxygen atoms in total. The topological polar surface area (TPSA) is 169 Å². The Kier molecular flexibility index (Phi) is 9.48. The minimum Gasteiger partial charge on any atom is -0.488 e. The maximum Gasteiger partial charge on any atom is 0.290 e. The third-order valence-electron chi connectivity index (χ3n) is 6.98. The number of sulfonamides is 1. The Morgan fingerprint density at radius 3 is 2.48 bits per heavy atom. The number of amides is 2. The molecule has 3 aliphatic heterocycles. The van der Waals surface area contributed by atoms with E-state index in [4.69, 9.17) is 19.4 Å². The molecule has 6 rings (SSSR count). The number of nitrogens with zero attached hydrogens (tertiary/aromatic N) is 3. The van der Waals surface area contributed by atoms with Crippen molar-refractivity contribution in [2.24, 2.45) is 7.05 Å². The number of ether oxygens (including phenoxy) is 2. The van der Waals surface area contributed by atoms with Gasteiger partial charge in [0.15, 0.2) is 11.6 Å². The molecule has 3 aliphatic rings. The van der Waals surface area contributed by atoms with Crippen LogP contribution < -0.4 is 20.1 Å². The number of hydrogen-bond acceptors (Lipinski definition) is 8. The lowest BCUT2D eigenvalue weighted by Gasteiger charge is -2.38. The third-order valence-corrected chi connectivity index (χ3v) is 9.06. The summed E-state index contributed by atoms with van der Waals surface area (Å²) in [6, 6.07) is 11.6. The Morgan fingerprint density at radius 1 is 1.10 bits per heavy atom. The van der Waals surface area contributed by atoms with Gasteiger partial charge in [-0.1, -0.05) is 18.2 Å². The number of aryl methyl sites for hydroxylation is 3. The first-order chi connectivity index (χ1) is 20.0. The number of piperidine rings is 1. The van der Waals surface area contributed by atoms with Crippen molar-refractivity contribution >= 4 is 28.3 Å². The number of carbonyl (C=O) groups is 3. The molecule has 0 unspecified atom stereocenters. The van der Waals surface area contributed by atoms with Crippen molar-refractivity contribution in [2.75, 3.05) is 19.7 Å². The fourth-order valence-corrected chi connectivity index (χ4v) is 6.62. The molecule has 1 fully saturated rings. The van der Waals surface area contributed by atoms with Crippen LogP contribution in [0.25, 0.3) is 0 Å². The van der Waals surface area contributed by atoms with Crippen LogP contribution >= 0.6 is 0 Å². The maximum absolute atomic E-state index is 13.6. The van der Waals surface area contributed by atoms with Crippen LogP contribution in [0.4, 0.5) is 0 Å². The van der Waals surface area contributed by atoms with Gasteiger partial charge in [0.05, 0.1) is 12.2 Å². The van der Waals surface area contributed by atoms with Crippen molar-refractivity contribution in [3.63, 3.8) is 0 Å². The quantitative estimate of drug-likeness (QED) is 0.369. The molecule has 0 aliphatic carbocycles. The molecule has 0 spiro atoms. The number of aromatic nitrogens is 2. The number of benzene rings is 2. The minimum absolute atomic E-state index is 0.0229. The molecular weight excluding hydrogens is 566 g/mol. The zero-order valence-electron chi connectivity index (χ0n) is 23.4. The largest absolute Gasteiger partial charge is 0.488 e. The van der Waals surface area contributed by atoms with Gasteiger partial charge in [0.25, 0.3) is 28.3 Å². The molecule has 2 aromatic carbocycles. The molecule has 2 atom stereocenters. The standard InChI is InChI=1S/C27H31N5O6S.CH2O2/c1-17-4-7-20-12-24(17)37-16-25(33)28-14-19-5-8-21(9-6-19)38-23-10-11-32(15-22(23)30-26(20)34)39(35,36)27-18(2)13-29-31(27)3;2-1-3/h4-9,12-13,22-23H,10-11,14-16H2,1-3H3,(H,28,33)(H,30,34);1H,(H,2,3)/t22-,23-;/m0./s1. The van der Waals surface area contributed by atoms with E-state index in [9.17, 15) is 18.0 Å². The van der Waals surface area contributed by atoms with E-state index in [2.05, 4.69) is 15.7 Å². The lowest BCUT2D eigenvalue weighted by molar-refractivity contribution is -0.123. The smallest absolute Gasteiger partial charge is 0.290 e. The lowest BCUT2D eigenvalue weighted by Crippen LogP contribution is -2.58. The van der Waals surface area contributed by atoms with Crippen molar-refractivity contribution in [3.8, 4) is 11.5 Å².